The highest BCUT2D eigenvalue weighted by atomic mass is 16.4. The molecule has 1 aromatic carbocycles. The number of hydrogen-bond acceptors (Lipinski definition) is 3. The lowest BCUT2D eigenvalue weighted by Gasteiger charge is -2.07. The summed E-state index contributed by atoms with van der Waals surface area (Å²) in [5, 5.41) is 18.9. The number of rotatable bonds is 14. The van der Waals surface area contributed by atoms with Crippen molar-refractivity contribution in [3.05, 3.63) is 41.5 Å². The van der Waals surface area contributed by atoms with Gasteiger partial charge in [0.1, 0.15) is 17.1 Å². The van der Waals surface area contributed by atoms with E-state index in [4.69, 9.17) is 0 Å². The number of aryl methyl sites for hydroxylation is 1. The number of hydrogen-bond donors (Lipinski definition) is 2. The molecule has 4 heteroatoms. The van der Waals surface area contributed by atoms with Crippen LogP contribution in [0.2, 0.25) is 0 Å². The molecular formula is C22H32O4. The third-order valence-electron chi connectivity index (χ3n) is 4.48. The molecule has 0 unspecified atom stereocenters. The summed E-state index contributed by atoms with van der Waals surface area (Å²) in [5.74, 6) is -0.938. The van der Waals surface area contributed by atoms with E-state index in [9.17, 15) is 19.8 Å². The number of unbranched alkanes of at least 4 members (excludes halogenated alkanes) is 7. The summed E-state index contributed by atoms with van der Waals surface area (Å²) >= 11 is 0. The van der Waals surface area contributed by atoms with Gasteiger partial charge in [-0.15, -0.1) is 0 Å². The van der Waals surface area contributed by atoms with Crippen LogP contribution in [0.25, 0.3) is 0 Å². The summed E-state index contributed by atoms with van der Waals surface area (Å²) in [6.45, 7) is 1.64. The quantitative estimate of drug-likeness (QED) is 0.331. The molecule has 0 saturated heterocycles. The summed E-state index contributed by atoms with van der Waals surface area (Å²) in [6, 6.07) is 4.90. The van der Waals surface area contributed by atoms with Crippen LogP contribution < -0.4 is 0 Å². The van der Waals surface area contributed by atoms with Crippen molar-refractivity contribution < 1.29 is 19.8 Å². The van der Waals surface area contributed by atoms with Crippen molar-refractivity contribution >= 4 is 11.8 Å². The highest BCUT2D eigenvalue weighted by Gasteiger charge is 2.14. The summed E-state index contributed by atoms with van der Waals surface area (Å²) in [6.07, 6.45) is 15.6. The van der Waals surface area contributed by atoms with E-state index in [0.29, 0.717) is 18.4 Å². The monoisotopic (exact) mass is 360 g/mol. The van der Waals surface area contributed by atoms with Crippen LogP contribution in [0.15, 0.2) is 30.4 Å². The predicted octanol–water partition coefficient (Wildman–Crippen LogP) is 5.68. The molecule has 0 aliphatic rings. The van der Waals surface area contributed by atoms with E-state index in [1.807, 2.05) is 0 Å². The van der Waals surface area contributed by atoms with Crippen LogP contribution in [0.5, 0.6) is 5.75 Å². The minimum atomic E-state index is -1.06. The average molecular weight is 360 g/mol. The van der Waals surface area contributed by atoms with Crippen LogP contribution in [0.1, 0.15) is 87.1 Å². The Morgan fingerprint density at radius 2 is 1.54 bits per heavy atom. The molecule has 0 saturated carbocycles. The molecular weight excluding hydrogens is 328 g/mol. The highest BCUT2D eigenvalue weighted by Crippen LogP contribution is 2.23. The summed E-state index contributed by atoms with van der Waals surface area (Å²) in [7, 11) is 0. The molecule has 0 atom stereocenters. The average Bonchev–Trinajstić information content (AvgIpc) is 2.58. The molecule has 4 nitrogen and oxygen atoms in total. The first-order chi connectivity index (χ1) is 12.5. The number of phenols is 1. The number of carbonyl (C=O) groups excluding carboxylic acids is 1. The molecule has 144 valence electrons. The molecule has 26 heavy (non-hydrogen) atoms. The van der Waals surface area contributed by atoms with Gasteiger partial charge in [-0.1, -0.05) is 43.5 Å². The number of Topliss-reactive ketones (excluding diaryl/α,β-unsaturated/α-hetero) is 1. The van der Waals surface area contributed by atoms with Crippen molar-refractivity contribution in [2.24, 2.45) is 0 Å². The summed E-state index contributed by atoms with van der Waals surface area (Å²) in [4.78, 5) is 22.0. The topological polar surface area (TPSA) is 74.6 Å². The zero-order valence-electron chi connectivity index (χ0n) is 15.9. The van der Waals surface area contributed by atoms with Gasteiger partial charge >= 0.3 is 5.97 Å². The van der Waals surface area contributed by atoms with Gasteiger partial charge in [0.2, 0.25) is 0 Å². The molecule has 0 fully saturated rings. The molecule has 0 radical (unpaired) electrons. The van der Waals surface area contributed by atoms with Gasteiger partial charge in [-0.2, -0.15) is 0 Å². The number of ketones is 1. The van der Waals surface area contributed by atoms with Crippen molar-refractivity contribution in [1.29, 1.82) is 0 Å². The maximum Gasteiger partial charge on any atom is 0.339 e. The van der Waals surface area contributed by atoms with Crippen molar-refractivity contribution in [3.8, 4) is 5.75 Å². The van der Waals surface area contributed by atoms with E-state index in [0.717, 1.165) is 44.9 Å². The van der Waals surface area contributed by atoms with E-state index >= 15 is 0 Å². The lowest BCUT2D eigenvalue weighted by Crippen LogP contribution is -2.03. The zero-order valence-corrected chi connectivity index (χ0v) is 15.9. The molecule has 0 aliphatic carbocycles. The Hall–Kier alpha value is -2.10. The number of allylic oxidation sites excluding steroid dienone is 2. The number of carboxylic acid groups (broad SMARTS) is 1. The van der Waals surface area contributed by atoms with Gasteiger partial charge in [-0.3, -0.25) is 0 Å². The van der Waals surface area contributed by atoms with E-state index in [-0.39, 0.29) is 17.1 Å². The second-order valence-electron chi connectivity index (χ2n) is 6.84. The first-order valence-electron chi connectivity index (χ1n) is 9.71. The lowest BCUT2D eigenvalue weighted by molar-refractivity contribution is -0.117. The first-order valence-corrected chi connectivity index (χ1v) is 9.71. The second kappa shape index (κ2) is 13.2. The Morgan fingerprint density at radius 3 is 2.19 bits per heavy atom. The fraction of sp³-hybridized carbons (Fsp3) is 0.545. The molecule has 0 aromatic heterocycles. The van der Waals surface area contributed by atoms with Crippen LogP contribution in [-0.4, -0.2) is 22.0 Å². The zero-order chi connectivity index (χ0) is 19.2. The normalized spacial score (nSPS) is 11.1. The van der Waals surface area contributed by atoms with Crippen molar-refractivity contribution in [2.45, 2.75) is 77.6 Å². The minimum Gasteiger partial charge on any atom is -0.507 e. The molecule has 0 bridgehead atoms. The third-order valence-corrected chi connectivity index (χ3v) is 4.48. The van der Waals surface area contributed by atoms with Gasteiger partial charge in [-0.05, 0) is 63.5 Å². The Labute approximate surface area is 156 Å². The molecule has 2 N–H and O–H groups in total. The van der Waals surface area contributed by atoms with E-state index < -0.39 is 5.97 Å². The maximum atomic E-state index is 11.2. The number of benzene rings is 1. The third kappa shape index (κ3) is 9.40. The van der Waals surface area contributed by atoms with E-state index in [2.05, 4.69) is 12.2 Å². The van der Waals surface area contributed by atoms with Crippen molar-refractivity contribution in [2.75, 3.05) is 0 Å². The minimum absolute atomic E-state index is 0.0425. The van der Waals surface area contributed by atoms with Crippen LogP contribution >= 0.6 is 0 Å². The van der Waals surface area contributed by atoms with Crippen molar-refractivity contribution in [3.63, 3.8) is 0 Å². The lowest BCUT2D eigenvalue weighted by atomic mass is 9.99. The van der Waals surface area contributed by atoms with Crippen molar-refractivity contribution in [1.82, 2.24) is 0 Å². The van der Waals surface area contributed by atoms with Crippen LogP contribution in [-0.2, 0) is 11.2 Å². The number of aromatic carboxylic acids is 1. The van der Waals surface area contributed by atoms with Gasteiger partial charge < -0.3 is 15.0 Å². The standard InChI is InChI=1S/C22H32O4/c1-18(23)14-11-9-7-5-3-2-4-6-8-10-12-15-19-16-13-17-20(24)21(19)22(25)26/h3,5,13,16-17,24H,2,4,6-12,14-15H2,1H3,(H,25,26)/b5-3+. The van der Waals surface area contributed by atoms with Gasteiger partial charge in [0, 0.05) is 6.42 Å². The molecule has 0 amide bonds. The Balaban J connectivity index is 2.06. The molecule has 0 aliphatic heterocycles. The summed E-state index contributed by atoms with van der Waals surface area (Å²) < 4.78 is 0. The number of aromatic hydroxyl groups is 1. The molecule has 1 rings (SSSR count). The Kier molecular flexibility index (Phi) is 11.1. The smallest absolute Gasteiger partial charge is 0.339 e. The largest absolute Gasteiger partial charge is 0.507 e. The first kappa shape index (κ1) is 21.9. The fourth-order valence-corrected chi connectivity index (χ4v) is 3.02. The fourth-order valence-electron chi connectivity index (χ4n) is 3.02. The SMILES string of the molecule is CC(=O)CCCC/C=C/CCCCCCCc1cccc(O)c1C(=O)O. The Morgan fingerprint density at radius 1 is 0.923 bits per heavy atom. The van der Waals surface area contributed by atoms with Crippen LogP contribution in [0.4, 0.5) is 0 Å². The van der Waals surface area contributed by atoms with E-state index in [1.54, 1.807) is 19.1 Å². The molecule has 1 aromatic rings. The van der Waals surface area contributed by atoms with Gasteiger partial charge in [0.05, 0.1) is 0 Å². The maximum absolute atomic E-state index is 11.2. The molecule has 0 spiro atoms. The molecule has 0 heterocycles. The Bertz CT molecular complexity index is 590. The number of carboxylic acids is 1. The second-order valence-corrected chi connectivity index (χ2v) is 6.84. The van der Waals surface area contributed by atoms with Gasteiger partial charge in [0.25, 0.3) is 0 Å². The van der Waals surface area contributed by atoms with Crippen LogP contribution in [0.3, 0.4) is 0 Å². The van der Waals surface area contributed by atoms with Crippen LogP contribution in [0, 0.1) is 0 Å². The highest BCUT2D eigenvalue weighted by molar-refractivity contribution is 5.92. The van der Waals surface area contributed by atoms with Gasteiger partial charge in [-0.25, -0.2) is 4.79 Å². The number of carbonyl (C=O) groups is 2. The summed E-state index contributed by atoms with van der Waals surface area (Å²) in [5.41, 5.74) is 0.756. The van der Waals surface area contributed by atoms with E-state index in [1.165, 1.54) is 18.9 Å². The van der Waals surface area contributed by atoms with Gasteiger partial charge in [0.15, 0.2) is 0 Å². The predicted molar refractivity (Wildman–Crippen MR) is 105 cm³/mol.